The SMILES string of the molecule is CCCNC(=O)c1cc2c(c(-c3cccc(-c4ccccc4F)c3)n1)[C@@H](CCO)N(C(=O)CC1CC1)C2. The van der Waals surface area contributed by atoms with Crippen LogP contribution in [0.1, 0.15) is 66.7 Å². The quantitative estimate of drug-likeness (QED) is 0.419. The van der Waals surface area contributed by atoms with Gasteiger partial charge in [-0.05, 0) is 60.9 Å². The molecule has 1 saturated carbocycles. The average molecular weight is 502 g/mol. The first kappa shape index (κ1) is 25.1. The van der Waals surface area contributed by atoms with E-state index in [0.717, 1.165) is 36.0 Å². The van der Waals surface area contributed by atoms with Crippen molar-refractivity contribution in [3.8, 4) is 22.4 Å². The van der Waals surface area contributed by atoms with Gasteiger partial charge in [0, 0.05) is 42.8 Å². The number of carbonyl (C=O) groups is 2. The Balaban J connectivity index is 1.62. The smallest absolute Gasteiger partial charge is 0.269 e. The number of amides is 2. The van der Waals surface area contributed by atoms with Crippen LogP contribution >= 0.6 is 0 Å². The highest BCUT2D eigenvalue weighted by Gasteiger charge is 2.38. The summed E-state index contributed by atoms with van der Waals surface area (Å²) in [7, 11) is 0. The highest BCUT2D eigenvalue weighted by Crippen LogP contribution is 2.44. The Morgan fingerprint density at radius 2 is 1.89 bits per heavy atom. The number of nitrogens with zero attached hydrogens (tertiary/aromatic N) is 2. The summed E-state index contributed by atoms with van der Waals surface area (Å²) in [6.07, 6.45) is 3.84. The lowest BCUT2D eigenvalue weighted by atomic mass is 9.93. The molecule has 1 fully saturated rings. The molecule has 1 aromatic heterocycles. The van der Waals surface area contributed by atoms with Crippen LogP contribution in [-0.2, 0) is 11.3 Å². The van der Waals surface area contributed by atoms with E-state index in [1.165, 1.54) is 6.07 Å². The normalized spacial score (nSPS) is 16.5. The molecule has 1 aliphatic carbocycles. The molecule has 2 N–H and O–H groups in total. The van der Waals surface area contributed by atoms with Gasteiger partial charge in [0.15, 0.2) is 0 Å². The molecule has 3 aromatic rings. The van der Waals surface area contributed by atoms with Gasteiger partial charge in [0.25, 0.3) is 5.91 Å². The van der Waals surface area contributed by atoms with E-state index in [1.54, 1.807) is 24.3 Å². The number of pyridine rings is 1. The predicted molar refractivity (Wildman–Crippen MR) is 140 cm³/mol. The lowest BCUT2D eigenvalue weighted by molar-refractivity contribution is -0.134. The van der Waals surface area contributed by atoms with E-state index in [2.05, 4.69) is 5.32 Å². The van der Waals surface area contributed by atoms with E-state index in [0.29, 0.717) is 48.7 Å². The third kappa shape index (κ3) is 5.27. The van der Waals surface area contributed by atoms with Crippen LogP contribution in [0.25, 0.3) is 22.4 Å². The Morgan fingerprint density at radius 3 is 2.62 bits per heavy atom. The van der Waals surface area contributed by atoms with Gasteiger partial charge in [0.2, 0.25) is 5.91 Å². The molecule has 0 spiro atoms. The zero-order chi connectivity index (χ0) is 25.9. The van der Waals surface area contributed by atoms with E-state index in [1.807, 2.05) is 36.1 Å². The van der Waals surface area contributed by atoms with Crippen molar-refractivity contribution >= 4 is 11.8 Å². The van der Waals surface area contributed by atoms with Crippen LogP contribution in [0.4, 0.5) is 4.39 Å². The van der Waals surface area contributed by atoms with E-state index < -0.39 is 0 Å². The van der Waals surface area contributed by atoms with Crippen molar-refractivity contribution < 1.29 is 19.1 Å². The number of aliphatic hydroxyl groups excluding tert-OH is 1. The van der Waals surface area contributed by atoms with Crippen molar-refractivity contribution in [3.05, 3.63) is 77.2 Å². The number of hydrogen-bond donors (Lipinski definition) is 2. The number of nitrogens with one attached hydrogen (secondary N) is 1. The van der Waals surface area contributed by atoms with Crippen LogP contribution in [0.15, 0.2) is 54.6 Å². The van der Waals surface area contributed by atoms with Crippen molar-refractivity contribution in [3.63, 3.8) is 0 Å². The standard InChI is InChI=1S/C30H32FN3O3/c1-2-13-32-30(37)25-17-22-18-34(27(36)15-19-10-11-19)26(12-14-35)28(22)29(33-25)21-7-5-6-20(16-21)23-8-3-4-9-24(23)31/h3-9,16-17,19,26,35H,2,10-15,18H2,1H3,(H,32,37)/t26-/m1/s1. The first-order valence-electron chi connectivity index (χ1n) is 13.1. The second-order valence-electron chi connectivity index (χ2n) is 9.94. The lowest BCUT2D eigenvalue weighted by Gasteiger charge is -2.26. The third-order valence-electron chi connectivity index (χ3n) is 7.17. The molecule has 1 atom stereocenters. The number of rotatable bonds is 9. The minimum atomic E-state index is -0.335. The van der Waals surface area contributed by atoms with Crippen molar-refractivity contribution in [2.24, 2.45) is 5.92 Å². The monoisotopic (exact) mass is 501 g/mol. The fourth-order valence-corrected chi connectivity index (χ4v) is 5.13. The van der Waals surface area contributed by atoms with Gasteiger partial charge in [-0.25, -0.2) is 9.37 Å². The minimum Gasteiger partial charge on any atom is -0.396 e. The van der Waals surface area contributed by atoms with Gasteiger partial charge in [-0.15, -0.1) is 0 Å². The third-order valence-corrected chi connectivity index (χ3v) is 7.17. The maximum absolute atomic E-state index is 14.6. The van der Waals surface area contributed by atoms with Crippen molar-refractivity contribution in [1.82, 2.24) is 15.2 Å². The summed E-state index contributed by atoms with van der Waals surface area (Å²) in [5.41, 5.74) is 4.52. The Kier molecular flexibility index (Phi) is 7.33. The summed E-state index contributed by atoms with van der Waals surface area (Å²) >= 11 is 0. The Hall–Kier alpha value is -3.58. The van der Waals surface area contributed by atoms with Crippen LogP contribution in [0.3, 0.4) is 0 Å². The molecular weight excluding hydrogens is 469 g/mol. The van der Waals surface area contributed by atoms with E-state index >= 15 is 0 Å². The largest absolute Gasteiger partial charge is 0.396 e. The zero-order valence-electron chi connectivity index (χ0n) is 21.0. The second-order valence-corrected chi connectivity index (χ2v) is 9.94. The maximum atomic E-state index is 14.6. The fourth-order valence-electron chi connectivity index (χ4n) is 5.13. The fraction of sp³-hybridized carbons (Fsp3) is 0.367. The van der Waals surface area contributed by atoms with Crippen LogP contribution < -0.4 is 5.32 Å². The number of aromatic nitrogens is 1. The molecule has 0 bridgehead atoms. The molecule has 1 aliphatic heterocycles. The average Bonchev–Trinajstić information content (AvgIpc) is 3.65. The molecule has 6 nitrogen and oxygen atoms in total. The van der Waals surface area contributed by atoms with Crippen LogP contribution in [0.5, 0.6) is 0 Å². The molecule has 5 rings (SSSR count). The number of benzene rings is 2. The summed E-state index contributed by atoms with van der Waals surface area (Å²) in [4.78, 5) is 32.8. The summed E-state index contributed by atoms with van der Waals surface area (Å²) in [5.74, 6) is -0.0743. The molecule has 2 amide bonds. The molecule has 37 heavy (non-hydrogen) atoms. The van der Waals surface area contributed by atoms with Gasteiger partial charge >= 0.3 is 0 Å². The number of halogens is 1. The summed E-state index contributed by atoms with van der Waals surface area (Å²) < 4.78 is 14.6. The summed E-state index contributed by atoms with van der Waals surface area (Å²) in [6.45, 7) is 2.82. The molecule has 2 aliphatic rings. The van der Waals surface area contributed by atoms with Gasteiger partial charge in [-0.2, -0.15) is 0 Å². The highest BCUT2D eigenvalue weighted by atomic mass is 19.1. The van der Waals surface area contributed by atoms with Crippen molar-refractivity contribution in [1.29, 1.82) is 0 Å². The van der Waals surface area contributed by atoms with Gasteiger partial charge < -0.3 is 15.3 Å². The first-order valence-corrected chi connectivity index (χ1v) is 13.1. The summed E-state index contributed by atoms with van der Waals surface area (Å²) in [5, 5.41) is 12.8. The zero-order valence-corrected chi connectivity index (χ0v) is 21.0. The topological polar surface area (TPSA) is 82.5 Å². The molecule has 2 heterocycles. The van der Waals surface area contributed by atoms with Gasteiger partial charge in [-0.3, -0.25) is 9.59 Å². The molecule has 0 radical (unpaired) electrons. The first-order chi connectivity index (χ1) is 18.0. The number of hydrogen-bond acceptors (Lipinski definition) is 4. The molecule has 7 heteroatoms. The van der Waals surface area contributed by atoms with Crippen molar-refractivity contribution in [2.45, 2.75) is 51.6 Å². The number of fused-ring (bicyclic) bond motifs is 1. The van der Waals surface area contributed by atoms with E-state index in [4.69, 9.17) is 4.98 Å². The van der Waals surface area contributed by atoms with Gasteiger partial charge in [0.1, 0.15) is 11.5 Å². The molecule has 2 aromatic carbocycles. The molecular formula is C30H32FN3O3. The lowest BCUT2D eigenvalue weighted by Crippen LogP contribution is -2.30. The number of aliphatic hydroxyl groups is 1. The molecule has 0 saturated heterocycles. The predicted octanol–water partition coefficient (Wildman–Crippen LogP) is 5.26. The minimum absolute atomic E-state index is 0.0696. The number of carbonyl (C=O) groups excluding carboxylic acids is 2. The van der Waals surface area contributed by atoms with Crippen molar-refractivity contribution in [2.75, 3.05) is 13.2 Å². The van der Waals surface area contributed by atoms with E-state index in [-0.39, 0.29) is 36.0 Å². The Labute approximate surface area is 216 Å². The maximum Gasteiger partial charge on any atom is 0.269 e. The summed E-state index contributed by atoms with van der Waals surface area (Å²) in [6, 6.07) is 15.5. The van der Waals surface area contributed by atoms with Crippen LogP contribution in [0, 0.1) is 11.7 Å². The highest BCUT2D eigenvalue weighted by molar-refractivity contribution is 5.94. The van der Waals surface area contributed by atoms with Crippen LogP contribution in [-0.4, -0.2) is 40.0 Å². The molecule has 192 valence electrons. The van der Waals surface area contributed by atoms with Crippen LogP contribution in [0.2, 0.25) is 0 Å². The van der Waals surface area contributed by atoms with E-state index in [9.17, 15) is 19.1 Å². The van der Waals surface area contributed by atoms with Gasteiger partial charge in [-0.1, -0.05) is 43.3 Å². The Bertz CT molecular complexity index is 1320. The Morgan fingerprint density at radius 1 is 1.11 bits per heavy atom. The molecule has 0 unspecified atom stereocenters. The van der Waals surface area contributed by atoms with Gasteiger partial charge in [0.05, 0.1) is 11.7 Å². The second kappa shape index (κ2) is 10.8.